The number of aromatic nitrogens is 2. The fraction of sp³-hybridized carbons (Fsp3) is 0.476. The Kier molecular flexibility index (Phi) is 4.91. The first-order valence-electron chi connectivity index (χ1n) is 9.93. The van der Waals surface area contributed by atoms with E-state index in [1.54, 1.807) is 16.8 Å². The Bertz CT molecular complexity index is 898. The predicted molar refractivity (Wildman–Crippen MR) is 101 cm³/mol. The molecular formula is C21H24FN3O3. The smallest absolute Gasteiger partial charge is 0.329 e. The number of hydrogen-bond donors (Lipinski definition) is 2. The molecule has 7 heteroatoms. The molecule has 0 atom stereocenters. The van der Waals surface area contributed by atoms with Gasteiger partial charge in [-0.25, -0.2) is 13.9 Å². The first kappa shape index (κ1) is 18.7. The van der Waals surface area contributed by atoms with E-state index in [9.17, 15) is 19.1 Å². The summed E-state index contributed by atoms with van der Waals surface area (Å²) < 4.78 is 15.0. The second kappa shape index (κ2) is 7.37. The standard InChI is InChI=1S/C21H24FN3O3/c22-14-8-10-15(11-9-14)25-17-7-3-2-6-16(17)18(24-25)19(26)23-21(20(27)28)12-4-1-5-13-21/h8-11H,1-7,12-13H2,(H,23,26)(H,27,28). The van der Waals surface area contributed by atoms with Gasteiger partial charge in [-0.15, -0.1) is 0 Å². The summed E-state index contributed by atoms with van der Waals surface area (Å²) in [5, 5.41) is 17.1. The van der Waals surface area contributed by atoms with Crippen LogP contribution in [0.5, 0.6) is 0 Å². The number of carboxylic acids is 1. The Balaban J connectivity index is 1.70. The second-order valence-corrected chi connectivity index (χ2v) is 7.77. The zero-order valence-corrected chi connectivity index (χ0v) is 15.7. The minimum absolute atomic E-state index is 0.297. The summed E-state index contributed by atoms with van der Waals surface area (Å²) in [7, 11) is 0. The monoisotopic (exact) mass is 385 g/mol. The van der Waals surface area contributed by atoms with Crippen LogP contribution in [0, 0.1) is 5.82 Å². The molecule has 0 bridgehead atoms. The van der Waals surface area contributed by atoms with Gasteiger partial charge in [0.2, 0.25) is 0 Å². The maximum atomic E-state index is 13.3. The van der Waals surface area contributed by atoms with Crippen LogP contribution in [0.15, 0.2) is 24.3 Å². The third kappa shape index (κ3) is 3.30. The molecule has 0 radical (unpaired) electrons. The van der Waals surface area contributed by atoms with E-state index in [0.717, 1.165) is 56.2 Å². The van der Waals surface area contributed by atoms with Gasteiger partial charge >= 0.3 is 5.97 Å². The fourth-order valence-electron chi connectivity index (χ4n) is 4.40. The number of rotatable bonds is 4. The molecule has 2 aliphatic rings. The lowest BCUT2D eigenvalue weighted by Gasteiger charge is -2.33. The summed E-state index contributed by atoms with van der Waals surface area (Å²) in [6, 6.07) is 6.01. The number of carbonyl (C=O) groups excluding carboxylic acids is 1. The molecule has 6 nitrogen and oxygen atoms in total. The van der Waals surface area contributed by atoms with Crippen molar-refractivity contribution >= 4 is 11.9 Å². The van der Waals surface area contributed by atoms with Crippen LogP contribution in [0.2, 0.25) is 0 Å². The van der Waals surface area contributed by atoms with Crippen molar-refractivity contribution in [1.29, 1.82) is 0 Å². The molecule has 1 aromatic heterocycles. The lowest BCUT2D eigenvalue weighted by atomic mass is 9.81. The van der Waals surface area contributed by atoms with Gasteiger partial charge in [-0.3, -0.25) is 4.79 Å². The highest BCUT2D eigenvalue weighted by atomic mass is 19.1. The first-order chi connectivity index (χ1) is 13.5. The molecule has 0 unspecified atom stereocenters. The van der Waals surface area contributed by atoms with Gasteiger partial charge in [-0.1, -0.05) is 19.3 Å². The summed E-state index contributed by atoms with van der Waals surface area (Å²) in [6.07, 6.45) is 6.93. The van der Waals surface area contributed by atoms with Gasteiger partial charge in [0.15, 0.2) is 5.69 Å². The number of carbonyl (C=O) groups is 2. The Morgan fingerprint density at radius 3 is 2.39 bits per heavy atom. The maximum Gasteiger partial charge on any atom is 0.329 e. The van der Waals surface area contributed by atoms with Crippen LogP contribution in [0.4, 0.5) is 4.39 Å². The Morgan fingerprint density at radius 1 is 1.04 bits per heavy atom. The number of nitrogens with zero attached hydrogens (tertiary/aromatic N) is 2. The van der Waals surface area contributed by atoms with Gasteiger partial charge < -0.3 is 10.4 Å². The third-order valence-electron chi connectivity index (χ3n) is 5.94. The number of fused-ring (bicyclic) bond motifs is 1. The van der Waals surface area contributed by atoms with Gasteiger partial charge in [-0.2, -0.15) is 5.10 Å². The highest BCUT2D eigenvalue weighted by molar-refractivity contribution is 5.98. The topological polar surface area (TPSA) is 84.2 Å². The molecule has 0 aliphatic heterocycles. The van der Waals surface area contributed by atoms with E-state index >= 15 is 0 Å². The predicted octanol–water partition coefficient (Wildman–Crippen LogP) is 3.41. The number of carboxylic acid groups (broad SMARTS) is 1. The SMILES string of the molecule is O=C(NC1(C(=O)O)CCCCC1)c1nn(-c2ccc(F)cc2)c2c1CCCC2. The summed E-state index contributed by atoms with van der Waals surface area (Å²) in [4.78, 5) is 25.0. The van der Waals surface area contributed by atoms with E-state index in [-0.39, 0.29) is 5.82 Å². The second-order valence-electron chi connectivity index (χ2n) is 7.77. The van der Waals surface area contributed by atoms with Gasteiger partial charge in [0.05, 0.1) is 5.69 Å². The lowest BCUT2D eigenvalue weighted by molar-refractivity contribution is -0.145. The minimum Gasteiger partial charge on any atom is -0.480 e. The molecular weight excluding hydrogens is 361 g/mol. The summed E-state index contributed by atoms with van der Waals surface area (Å²) in [6.45, 7) is 0. The van der Waals surface area contributed by atoms with E-state index in [1.165, 1.54) is 12.1 Å². The highest BCUT2D eigenvalue weighted by Crippen LogP contribution is 2.31. The van der Waals surface area contributed by atoms with Gasteiger partial charge in [0, 0.05) is 11.3 Å². The molecule has 2 aromatic rings. The largest absolute Gasteiger partial charge is 0.480 e. The van der Waals surface area contributed by atoms with Crippen LogP contribution in [-0.2, 0) is 17.6 Å². The number of benzene rings is 1. The van der Waals surface area contributed by atoms with E-state index in [4.69, 9.17) is 0 Å². The highest BCUT2D eigenvalue weighted by Gasteiger charge is 2.42. The zero-order chi connectivity index (χ0) is 19.7. The number of amides is 1. The average Bonchev–Trinajstić information content (AvgIpc) is 3.09. The molecule has 2 aliphatic carbocycles. The average molecular weight is 385 g/mol. The van der Waals surface area contributed by atoms with Crippen LogP contribution in [-0.4, -0.2) is 32.3 Å². The third-order valence-corrected chi connectivity index (χ3v) is 5.94. The number of nitrogens with one attached hydrogen (secondary N) is 1. The van der Waals surface area contributed by atoms with Crippen molar-refractivity contribution in [1.82, 2.24) is 15.1 Å². The maximum absolute atomic E-state index is 13.3. The Hall–Kier alpha value is -2.70. The quantitative estimate of drug-likeness (QED) is 0.845. The van der Waals surface area contributed by atoms with E-state index in [0.29, 0.717) is 24.2 Å². The molecule has 1 heterocycles. The van der Waals surface area contributed by atoms with E-state index < -0.39 is 17.4 Å². The molecule has 2 N–H and O–H groups in total. The molecule has 1 fully saturated rings. The zero-order valence-electron chi connectivity index (χ0n) is 15.7. The van der Waals surface area contributed by atoms with Gasteiger partial charge in [0.25, 0.3) is 5.91 Å². The fourth-order valence-corrected chi connectivity index (χ4v) is 4.40. The molecule has 1 amide bonds. The molecule has 1 saturated carbocycles. The first-order valence-corrected chi connectivity index (χ1v) is 9.93. The van der Waals surface area contributed by atoms with Crippen LogP contribution < -0.4 is 5.32 Å². The van der Waals surface area contributed by atoms with Crippen molar-refractivity contribution < 1.29 is 19.1 Å². The van der Waals surface area contributed by atoms with E-state index in [2.05, 4.69) is 10.4 Å². The number of halogens is 1. The Morgan fingerprint density at radius 2 is 1.71 bits per heavy atom. The summed E-state index contributed by atoms with van der Waals surface area (Å²) in [5.74, 6) is -1.74. The molecule has 0 saturated heterocycles. The Labute approximate surface area is 162 Å². The summed E-state index contributed by atoms with van der Waals surface area (Å²) in [5.41, 5.74) is 1.62. The van der Waals surface area contributed by atoms with Crippen LogP contribution >= 0.6 is 0 Å². The molecule has 1 aromatic carbocycles. The van der Waals surface area contributed by atoms with E-state index in [1.807, 2.05) is 0 Å². The molecule has 4 rings (SSSR count). The molecule has 28 heavy (non-hydrogen) atoms. The number of hydrogen-bond acceptors (Lipinski definition) is 3. The number of aliphatic carboxylic acids is 1. The van der Waals surface area contributed by atoms with Gasteiger partial charge in [0.1, 0.15) is 11.4 Å². The van der Waals surface area contributed by atoms with Crippen LogP contribution in [0.3, 0.4) is 0 Å². The molecule has 148 valence electrons. The van der Waals surface area contributed by atoms with Crippen molar-refractivity contribution in [2.45, 2.75) is 63.3 Å². The summed E-state index contributed by atoms with van der Waals surface area (Å²) >= 11 is 0. The van der Waals surface area contributed by atoms with Crippen molar-refractivity contribution in [3.63, 3.8) is 0 Å². The van der Waals surface area contributed by atoms with Crippen molar-refractivity contribution in [3.8, 4) is 5.69 Å². The van der Waals surface area contributed by atoms with Crippen molar-refractivity contribution in [3.05, 3.63) is 47.0 Å². The van der Waals surface area contributed by atoms with Crippen LogP contribution in [0.1, 0.15) is 66.7 Å². The minimum atomic E-state index is -1.21. The van der Waals surface area contributed by atoms with Crippen LogP contribution in [0.25, 0.3) is 5.69 Å². The normalized spacial score (nSPS) is 18.3. The van der Waals surface area contributed by atoms with Gasteiger partial charge in [-0.05, 0) is 62.8 Å². The van der Waals surface area contributed by atoms with Crippen molar-refractivity contribution in [2.24, 2.45) is 0 Å². The lowest BCUT2D eigenvalue weighted by Crippen LogP contribution is -2.55. The molecule has 0 spiro atoms. The van der Waals surface area contributed by atoms with Crippen molar-refractivity contribution in [2.75, 3.05) is 0 Å².